The molecule has 34 heavy (non-hydrogen) atoms. The number of hydrogen-bond donors (Lipinski definition) is 1. The van der Waals surface area contributed by atoms with Gasteiger partial charge in [0.25, 0.3) is 5.91 Å². The predicted molar refractivity (Wildman–Crippen MR) is 134 cm³/mol. The summed E-state index contributed by atoms with van der Waals surface area (Å²) < 4.78 is 25.3. The highest BCUT2D eigenvalue weighted by molar-refractivity contribution is 9.10. The summed E-state index contributed by atoms with van der Waals surface area (Å²) in [6.07, 6.45) is 1.46. The third kappa shape index (κ3) is 6.60. The van der Waals surface area contributed by atoms with Gasteiger partial charge in [-0.1, -0.05) is 29.8 Å². The number of amides is 1. The second kappa shape index (κ2) is 11.7. The van der Waals surface area contributed by atoms with Crippen molar-refractivity contribution in [3.05, 3.63) is 92.2 Å². The first-order valence-corrected chi connectivity index (χ1v) is 11.5. The first-order valence-electron chi connectivity index (χ1n) is 10.3. The first kappa shape index (κ1) is 25.3. The number of carbonyl (C=O) groups is 1. The van der Waals surface area contributed by atoms with Crippen LogP contribution in [0.4, 0.5) is 10.1 Å². The van der Waals surface area contributed by atoms with Crippen molar-refractivity contribution in [3.8, 4) is 17.6 Å². The van der Waals surface area contributed by atoms with Gasteiger partial charge in [0, 0.05) is 10.7 Å². The molecule has 3 aromatic rings. The van der Waals surface area contributed by atoms with E-state index in [1.54, 1.807) is 42.5 Å². The van der Waals surface area contributed by atoms with E-state index >= 15 is 0 Å². The highest BCUT2D eigenvalue weighted by atomic mass is 79.9. The van der Waals surface area contributed by atoms with Crippen LogP contribution in [-0.4, -0.2) is 12.5 Å². The van der Waals surface area contributed by atoms with Gasteiger partial charge in [0.05, 0.1) is 11.1 Å². The summed E-state index contributed by atoms with van der Waals surface area (Å²) in [5.41, 5.74) is 2.64. The fourth-order valence-electron chi connectivity index (χ4n) is 2.99. The monoisotopic (exact) mass is 542 g/mol. The van der Waals surface area contributed by atoms with Crippen molar-refractivity contribution < 1.29 is 18.7 Å². The zero-order valence-electron chi connectivity index (χ0n) is 18.5. The topological polar surface area (TPSA) is 71.3 Å². The Kier molecular flexibility index (Phi) is 8.69. The molecule has 0 aliphatic carbocycles. The number of rotatable bonds is 8. The molecular weight excluding hydrogens is 523 g/mol. The lowest BCUT2D eigenvalue weighted by molar-refractivity contribution is -0.112. The number of aryl methyl sites for hydroxylation is 1. The van der Waals surface area contributed by atoms with Crippen LogP contribution >= 0.6 is 27.5 Å². The second-order valence-corrected chi connectivity index (χ2v) is 8.53. The van der Waals surface area contributed by atoms with E-state index in [1.807, 2.05) is 19.9 Å². The molecular formula is C26H21BrClFN2O3. The fraction of sp³-hybridized carbons (Fsp3) is 0.154. The number of nitriles is 1. The van der Waals surface area contributed by atoms with Crippen molar-refractivity contribution >= 4 is 45.2 Å². The largest absolute Gasteiger partial charge is 0.490 e. The summed E-state index contributed by atoms with van der Waals surface area (Å²) in [6, 6.07) is 16.5. The molecule has 5 nitrogen and oxygen atoms in total. The van der Waals surface area contributed by atoms with E-state index < -0.39 is 5.91 Å². The van der Waals surface area contributed by atoms with Crippen molar-refractivity contribution in [2.24, 2.45) is 0 Å². The van der Waals surface area contributed by atoms with Gasteiger partial charge < -0.3 is 14.8 Å². The molecule has 0 aromatic heterocycles. The molecule has 0 aliphatic heterocycles. The van der Waals surface area contributed by atoms with E-state index in [1.165, 1.54) is 18.2 Å². The molecule has 3 aromatic carbocycles. The van der Waals surface area contributed by atoms with E-state index in [2.05, 4.69) is 21.2 Å². The normalized spacial score (nSPS) is 11.0. The summed E-state index contributed by atoms with van der Waals surface area (Å²) in [6.45, 7) is 4.28. The summed E-state index contributed by atoms with van der Waals surface area (Å²) in [5, 5.41) is 12.8. The summed E-state index contributed by atoms with van der Waals surface area (Å²) in [5.74, 6) is 0.0147. The van der Waals surface area contributed by atoms with Crippen molar-refractivity contribution in [2.45, 2.75) is 20.5 Å². The number of halogens is 3. The highest BCUT2D eigenvalue weighted by Crippen LogP contribution is 2.38. The number of benzene rings is 3. The van der Waals surface area contributed by atoms with Crippen LogP contribution in [0, 0.1) is 24.1 Å². The quantitative estimate of drug-likeness (QED) is 0.244. The lowest BCUT2D eigenvalue weighted by Crippen LogP contribution is -2.13. The average Bonchev–Trinajstić information content (AvgIpc) is 2.80. The van der Waals surface area contributed by atoms with Gasteiger partial charge in [0.2, 0.25) is 0 Å². The summed E-state index contributed by atoms with van der Waals surface area (Å²) >= 11 is 9.59. The molecule has 174 valence electrons. The minimum atomic E-state index is -0.562. The van der Waals surface area contributed by atoms with E-state index in [0.717, 1.165) is 11.1 Å². The summed E-state index contributed by atoms with van der Waals surface area (Å²) in [4.78, 5) is 12.7. The van der Waals surface area contributed by atoms with Gasteiger partial charge in [-0.25, -0.2) is 4.39 Å². The molecule has 0 bridgehead atoms. The molecule has 0 heterocycles. The zero-order valence-corrected chi connectivity index (χ0v) is 20.8. The lowest BCUT2D eigenvalue weighted by Gasteiger charge is -2.15. The third-order valence-corrected chi connectivity index (χ3v) is 5.73. The summed E-state index contributed by atoms with van der Waals surface area (Å²) in [7, 11) is 0. The molecule has 0 spiro atoms. The Bertz CT molecular complexity index is 1270. The van der Waals surface area contributed by atoms with Crippen LogP contribution in [0.2, 0.25) is 5.02 Å². The van der Waals surface area contributed by atoms with Gasteiger partial charge in [0.1, 0.15) is 24.1 Å². The molecule has 0 fully saturated rings. The van der Waals surface area contributed by atoms with Crippen LogP contribution < -0.4 is 14.8 Å². The van der Waals surface area contributed by atoms with Gasteiger partial charge in [-0.15, -0.1) is 0 Å². The number of nitrogens with one attached hydrogen (secondary N) is 1. The van der Waals surface area contributed by atoms with Crippen LogP contribution in [-0.2, 0) is 11.4 Å². The molecule has 1 N–H and O–H groups in total. The van der Waals surface area contributed by atoms with Gasteiger partial charge in [-0.3, -0.25) is 4.79 Å². The predicted octanol–water partition coefficient (Wildman–Crippen LogP) is 7.07. The van der Waals surface area contributed by atoms with Gasteiger partial charge in [-0.2, -0.15) is 5.26 Å². The van der Waals surface area contributed by atoms with E-state index in [-0.39, 0.29) is 18.0 Å². The Balaban J connectivity index is 1.84. The molecule has 1 amide bonds. The highest BCUT2D eigenvalue weighted by Gasteiger charge is 2.15. The van der Waals surface area contributed by atoms with Crippen LogP contribution in [0.25, 0.3) is 6.08 Å². The minimum Gasteiger partial charge on any atom is -0.490 e. The van der Waals surface area contributed by atoms with Crippen molar-refractivity contribution in [2.75, 3.05) is 11.9 Å². The molecule has 8 heteroatoms. The van der Waals surface area contributed by atoms with Crippen LogP contribution in [0.1, 0.15) is 23.6 Å². The minimum absolute atomic E-state index is 0.0916. The first-order chi connectivity index (χ1) is 16.3. The molecule has 0 saturated heterocycles. The molecule has 0 aliphatic rings. The maximum Gasteiger partial charge on any atom is 0.266 e. The Morgan fingerprint density at radius 3 is 2.56 bits per heavy atom. The number of carbonyl (C=O) groups excluding carboxylic acids is 1. The number of anilines is 1. The molecule has 0 atom stereocenters. The molecule has 0 radical (unpaired) electrons. The van der Waals surface area contributed by atoms with E-state index in [9.17, 15) is 14.4 Å². The smallest absolute Gasteiger partial charge is 0.266 e. The standard InChI is InChI=1S/C26H21BrClFN2O3/c1-3-33-24-12-18(11-22(27)25(24)34-15-17-5-7-20(29)8-6-17)10-19(14-30)26(32)31-21-9-4-16(2)23(28)13-21/h4-13H,3,15H2,1-2H3,(H,31,32)/b19-10-. The molecule has 3 rings (SSSR count). The Morgan fingerprint density at radius 2 is 1.91 bits per heavy atom. The van der Waals surface area contributed by atoms with Crippen molar-refractivity contribution in [1.29, 1.82) is 5.26 Å². The number of ether oxygens (including phenoxy) is 2. The van der Waals surface area contributed by atoms with Gasteiger partial charge >= 0.3 is 0 Å². The number of nitrogens with zero attached hydrogens (tertiary/aromatic N) is 1. The van der Waals surface area contributed by atoms with Gasteiger partial charge in [0.15, 0.2) is 11.5 Å². The van der Waals surface area contributed by atoms with E-state index in [4.69, 9.17) is 21.1 Å². The maximum absolute atomic E-state index is 13.1. The van der Waals surface area contributed by atoms with Crippen LogP contribution in [0.5, 0.6) is 11.5 Å². The lowest BCUT2D eigenvalue weighted by atomic mass is 10.1. The zero-order chi connectivity index (χ0) is 24.7. The van der Waals surface area contributed by atoms with Crippen LogP contribution in [0.15, 0.2) is 64.6 Å². The third-order valence-electron chi connectivity index (χ3n) is 4.73. The maximum atomic E-state index is 13.1. The van der Waals surface area contributed by atoms with Crippen LogP contribution in [0.3, 0.4) is 0 Å². The van der Waals surface area contributed by atoms with Crippen molar-refractivity contribution in [1.82, 2.24) is 0 Å². The van der Waals surface area contributed by atoms with E-state index in [0.29, 0.717) is 38.9 Å². The molecule has 0 unspecified atom stereocenters. The number of hydrogen-bond acceptors (Lipinski definition) is 4. The Labute approximate surface area is 210 Å². The Hall–Kier alpha value is -3.34. The van der Waals surface area contributed by atoms with Gasteiger partial charge in [-0.05, 0) is 88.9 Å². The van der Waals surface area contributed by atoms with Crippen molar-refractivity contribution in [3.63, 3.8) is 0 Å². The SMILES string of the molecule is CCOc1cc(/C=C(/C#N)C(=O)Nc2ccc(C)c(Cl)c2)cc(Br)c1OCc1ccc(F)cc1. The fourth-order valence-corrected chi connectivity index (χ4v) is 3.75. The molecule has 0 saturated carbocycles. The Morgan fingerprint density at radius 1 is 1.18 bits per heavy atom. The average molecular weight is 544 g/mol. The second-order valence-electron chi connectivity index (χ2n) is 7.27.